The van der Waals surface area contributed by atoms with Crippen molar-refractivity contribution in [1.82, 2.24) is 15.1 Å². The van der Waals surface area contributed by atoms with Gasteiger partial charge in [-0.05, 0) is 17.7 Å². The first kappa shape index (κ1) is 16.4. The molecule has 2 aromatic heterocycles. The van der Waals surface area contributed by atoms with Crippen LogP contribution in [0.25, 0.3) is 11.7 Å². The lowest BCUT2D eigenvalue weighted by atomic mass is 10.2. The van der Waals surface area contributed by atoms with Gasteiger partial charge in [-0.15, -0.1) is 10.2 Å². The molecule has 7 heteroatoms. The average molecular weight is 357 g/mol. The Hall–Kier alpha value is -2.09. The highest BCUT2D eigenvalue weighted by molar-refractivity contribution is 7.99. The van der Waals surface area contributed by atoms with Crippen molar-refractivity contribution in [3.63, 3.8) is 0 Å². The molecule has 0 N–H and O–H groups in total. The number of hydrogen-bond acceptors (Lipinski definition) is 7. The van der Waals surface area contributed by atoms with E-state index in [0.29, 0.717) is 16.9 Å². The van der Waals surface area contributed by atoms with Crippen LogP contribution in [0, 0.1) is 0 Å². The Balaban J connectivity index is 1.29. The highest BCUT2D eigenvalue weighted by Gasteiger charge is 2.22. The highest BCUT2D eigenvalue weighted by atomic mass is 32.2. The maximum absolute atomic E-state index is 5.88. The molecule has 0 unspecified atom stereocenters. The van der Waals surface area contributed by atoms with Crippen molar-refractivity contribution in [3.05, 3.63) is 54.3 Å². The molecule has 6 nitrogen and oxygen atoms in total. The van der Waals surface area contributed by atoms with E-state index in [4.69, 9.17) is 13.6 Å². The topological polar surface area (TPSA) is 64.5 Å². The van der Waals surface area contributed by atoms with E-state index in [1.54, 1.807) is 18.4 Å². The van der Waals surface area contributed by atoms with Gasteiger partial charge in [-0.3, -0.25) is 4.90 Å². The summed E-state index contributed by atoms with van der Waals surface area (Å²) in [6, 6.07) is 14.1. The minimum Gasteiger partial charge on any atom is -0.459 e. The Bertz CT molecular complexity index is 776. The van der Waals surface area contributed by atoms with Crippen LogP contribution in [0.15, 0.2) is 62.8 Å². The molecule has 0 saturated carbocycles. The molecule has 1 aromatic carbocycles. The Morgan fingerprint density at radius 2 is 2.04 bits per heavy atom. The summed E-state index contributed by atoms with van der Waals surface area (Å²) in [6.07, 6.45) is 1.74. The fourth-order valence-electron chi connectivity index (χ4n) is 2.80. The van der Waals surface area contributed by atoms with Gasteiger partial charge in [0.25, 0.3) is 11.1 Å². The molecule has 1 saturated heterocycles. The van der Waals surface area contributed by atoms with Crippen LogP contribution < -0.4 is 0 Å². The van der Waals surface area contributed by atoms with E-state index in [1.165, 1.54) is 17.3 Å². The summed E-state index contributed by atoms with van der Waals surface area (Å²) >= 11 is 1.52. The van der Waals surface area contributed by atoms with Gasteiger partial charge in [0.1, 0.15) is 0 Å². The SMILES string of the molecule is c1ccc(CN2CCO[C@@H](CSc3nnc(-c4ccco4)o3)C2)cc1. The summed E-state index contributed by atoms with van der Waals surface area (Å²) in [4.78, 5) is 2.42. The molecule has 25 heavy (non-hydrogen) atoms. The fraction of sp³-hybridized carbons (Fsp3) is 0.333. The summed E-state index contributed by atoms with van der Waals surface area (Å²) in [5, 5.41) is 8.61. The molecule has 1 fully saturated rings. The largest absolute Gasteiger partial charge is 0.459 e. The number of morpholine rings is 1. The van der Waals surface area contributed by atoms with Crippen LogP contribution in [0.1, 0.15) is 5.56 Å². The van der Waals surface area contributed by atoms with Gasteiger partial charge in [0, 0.05) is 25.4 Å². The lowest BCUT2D eigenvalue weighted by Gasteiger charge is -2.32. The molecule has 0 radical (unpaired) electrons. The third kappa shape index (κ3) is 4.31. The third-order valence-electron chi connectivity index (χ3n) is 4.00. The van der Waals surface area contributed by atoms with Crippen LogP contribution in [-0.4, -0.2) is 46.7 Å². The summed E-state index contributed by atoms with van der Waals surface area (Å²) in [5.41, 5.74) is 1.33. The monoisotopic (exact) mass is 357 g/mol. The fourth-order valence-corrected chi connectivity index (χ4v) is 3.57. The molecular weight excluding hydrogens is 338 g/mol. The Kier molecular flexibility index (Phi) is 5.15. The van der Waals surface area contributed by atoms with Gasteiger partial charge in [-0.25, -0.2) is 0 Å². The molecule has 3 heterocycles. The summed E-state index contributed by atoms with van der Waals surface area (Å²) in [7, 11) is 0. The zero-order valence-electron chi connectivity index (χ0n) is 13.7. The van der Waals surface area contributed by atoms with E-state index in [2.05, 4.69) is 39.4 Å². The number of nitrogens with zero attached hydrogens (tertiary/aromatic N) is 3. The van der Waals surface area contributed by atoms with Crippen molar-refractivity contribution in [2.75, 3.05) is 25.4 Å². The second kappa shape index (κ2) is 7.86. The molecular formula is C18H19N3O3S. The zero-order chi connectivity index (χ0) is 16.9. The standard InChI is InChI=1S/C18H19N3O3S/c1-2-5-14(6-3-1)11-21-8-10-22-15(12-21)13-25-18-20-19-17(24-18)16-7-4-9-23-16/h1-7,9,15H,8,10-13H2/t15-/m1/s1. The van der Waals surface area contributed by atoms with Crippen molar-refractivity contribution < 1.29 is 13.6 Å². The Morgan fingerprint density at radius 3 is 2.88 bits per heavy atom. The highest BCUT2D eigenvalue weighted by Crippen LogP contribution is 2.25. The molecule has 4 rings (SSSR count). The van der Waals surface area contributed by atoms with Crippen LogP contribution in [-0.2, 0) is 11.3 Å². The van der Waals surface area contributed by atoms with Crippen molar-refractivity contribution in [2.45, 2.75) is 17.9 Å². The van der Waals surface area contributed by atoms with Crippen molar-refractivity contribution in [2.24, 2.45) is 0 Å². The van der Waals surface area contributed by atoms with Crippen LogP contribution >= 0.6 is 11.8 Å². The van der Waals surface area contributed by atoms with E-state index in [0.717, 1.165) is 32.0 Å². The molecule has 1 aliphatic heterocycles. The normalized spacial score (nSPS) is 18.5. The Morgan fingerprint density at radius 1 is 1.12 bits per heavy atom. The summed E-state index contributed by atoms with van der Waals surface area (Å²) < 4.78 is 16.8. The van der Waals surface area contributed by atoms with Crippen LogP contribution in [0.5, 0.6) is 0 Å². The predicted molar refractivity (Wildman–Crippen MR) is 94.2 cm³/mol. The van der Waals surface area contributed by atoms with Crippen molar-refractivity contribution >= 4 is 11.8 Å². The van der Waals surface area contributed by atoms with Crippen molar-refractivity contribution in [3.8, 4) is 11.7 Å². The van der Waals surface area contributed by atoms with Crippen LogP contribution in [0.2, 0.25) is 0 Å². The van der Waals surface area contributed by atoms with Gasteiger partial charge in [-0.1, -0.05) is 42.1 Å². The third-order valence-corrected chi connectivity index (χ3v) is 4.95. The van der Waals surface area contributed by atoms with Crippen LogP contribution in [0.3, 0.4) is 0 Å². The van der Waals surface area contributed by atoms with E-state index < -0.39 is 0 Å². The number of benzene rings is 1. The van der Waals surface area contributed by atoms with Gasteiger partial charge in [0.2, 0.25) is 0 Å². The molecule has 0 aliphatic carbocycles. The number of aromatic nitrogens is 2. The molecule has 130 valence electrons. The van der Waals surface area contributed by atoms with Gasteiger partial charge in [0.15, 0.2) is 5.76 Å². The average Bonchev–Trinajstić information content (AvgIpc) is 3.33. The maximum atomic E-state index is 5.88. The first-order chi connectivity index (χ1) is 12.4. The zero-order valence-corrected chi connectivity index (χ0v) is 14.5. The van der Waals surface area contributed by atoms with Crippen molar-refractivity contribution in [1.29, 1.82) is 0 Å². The maximum Gasteiger partial charge on any atom is 0.284 e. The Labute approximate surface area is 150 Å². The smallest absolute Gasteiger partial charge is 0.284 e. The minimum atomic E-state index is 0.154. The molecule has 1 atom stereocenters. The van der Waals surface area contributed by atoms with Gasteiger partial charge < -0.3 is 13.6 Å². The van der Waals surface area contributed by atoms with Gasteiger partial charge in [0.05, 0.1) is 19.0 Å². The van der Waals surface area contributed by atoms with E-state index in [-0.39, 0.29) is 6.10 Å². The molecule has 0 spiro atoms. The number of thioether (sulfide) groups is 1. The summed E-state index contributed by atoms with van der Waals surface area (Å²) in [5.74, 6) is 1.77. The second-order valence-electron chi connectivity index (χ2n) is 5.87. The van der Waals surface area contributed by atoms with E-state index in [1.807, 2.05) is 6.07 Å². The quantitative estimate of drug-likeness (QED) is 0.627. The molecule has 1 aliphatic rings. The number of ether oxygens (including phenoxy) is 1. The lowest BCUT2D eigenvalue weighted by Crippen LogP contribution is -2.43. The predicted octanol–water partition coefficient (Wildman–Crippen LogP) is 3.32. The van der Waals surface area contributed by atoms with Gasteiger partial charge in [-0.2, -0.15) is 0 Å². The second-order valence-corrected chi connectivity index (χ2v) is 6.85. The number of furan rings is 1. The number of hydrogen-bond donors (Lipinski definition) is 0. The number of rotatable bonds is 6. The minimum absolute atomic E-state index is 0.154. The molecule has 0 bridgehead atoms. The first-order valence-electron chi connectivity index (χ1n) is 8.25. The van der Waals surface area contributed by atoms with Gasteiger partial charge >= 0.3 is 0 Å². The lowest BCUT2D eigenvalue weighted by molar-refractivity contribution is -0.0187. The van der Waals surface area contributed by atoms with E-state index >= 15 is 0 Å². The van der Waals surface area contributed by atoms with Crippen LogP contribution in [0.4, 0.5) is 0 Å². The summed E-state index contributed by atoms with van der Waals surface area (Å²) in [6.45, 7) is 3.56. The molecule has 3 aromatic rings. The molecule has 0 amide bonds. The van der Waals surface area contributed by atoms with E-state index in [9.17, 15) is 0 Å². The first-order valence-corrected chi connectivity index (χ1v) is 9.23.